The Balaban J connectivity index is 0.00000144. The monoisotopic (exact) mass is 226 g/mol. The number of hydrogen-bond acceptors (Lipinski definition) is 2. The van der Waals surface area contributed by atoms with E-state index >= 15 is 0 Å². The maximum atomic E-state index is 10.7. The second-order valence-corrected chi connectivity index (χ2v) is 3.92. The minimum Gasteiger partial charge on any atom is -0.768 e. The molecular formula is C8H8ClNaO2S. The summed E-state index contributed by atoms with van der Waals surface area (Å²) in [6, 6.07) is 3.28. The van der Waals surface area contributed by atoms with Crippen LogP contribution < -0.4 is 29.6 Å². The molecule has 66 valence electrons. The molecule has 0 fully saturated rings. The summed E-state index contributed by atoms with van der Waals surface area (Å²) >= 11 is 3.56. The molecule has 0 saturated carbocycles. The van der Waals surface area contributed by atoms with Crippen molar-refractivity contribution in [2.45, 2.75) is 18.7 Å². The Morgan fingerprint density at radius 2 is 1.69 bits per heavy atom. The number of benzene rings is 1. The molecule has 0 amide bonds. The first-order valence-corrected chi connectivity index (χ1v) is 4.83. The van der Waals surface area contributed by atoms with Crippen LogP contribution in [0.5, 0.6) is 0 Å². The molecule has 0 aliphatic rings. The molecule has 0 N–H and O–H groups in total. The van der Waals surface area contributed by atoms with Gasteiger partial charge in [0.1, 0.15) is 0 Å². The van der Waals surface area contributed by atoms with E-state index in [2.05, 4.69) is 0 Å². The van der Waals surface area contributed by atoms with Crippen molar-refractivity contribution in [3.8, 4) is 0 Å². The number of aryl methyl sites for hydroxylation is 2. The SMILES string of the molecule is Cc1cc(Cl)cc(C)c1S(=O)[O-].[Na+]. The first-order valence-electron chi connectivity index (χ1n) is 3.38. The van der Waals surface area contributed by atoms with Gasteiger partial charge in [0, 0.05) is 9.92 Å². The molecule has 0 bridgehead atoms. The smallest absolute Gasteiger partial charge is 0.768 e. The van der Waals surface area contributed by atoms with E-state index in [-0.39, 0.29) is 29.6 Å². The molecule has 0 saturated heterocycles. The van der Waals surface area contributed by atoms with Gasteiger partial charge in [-0.1, -0.05) is 11.6 Å². The van der Waals surface area contributed by atoms with Crippen molar-refractivity contribution in [2.75, 3.05) is 0 Å². The molecule has 0 heterocycles. The van der Waals surface area contributed by atoms with Crippen LogP contribution in [-0.4, -0.2) is 8.76 Å². The summed E-state index contributed by atoms with van der Waals surface area (Å²) in [7, 11) is 0. The quantitative estimate of drug-likeness (QED) is 0.465. The van der Waals surface area contributed by atoms with Gasteiger partial charge in [-0.15, -0.1) is 0 Å². The van der Waals surface area contributed by atoms with Gasteiger partial charge in [-0.05, 0) is 48.2 Å². The zero-order valence-corrected chi connectivity index (χ0v) is 11.3. The summed E-state index contributed by atoms with van der Waals surface area (Å²) in [6.45, 7) is 3.45. The van der Waals surface area contributed by atoms with Crippen LogP contribution in [0.2, 0.25) is 5.02 Å². The second-order valence-electron chi connectivity index (χ2n) is 2.60. The largest absolute Gasteiger partial charge is 1.00 e. The summed E-state index contributed by atoms with van der Waals surface area (Å²) in [5, 5.41) is 0.569. The fourth-order valence-electron chi connectivity index (χ4n) is 1.16. The zero-order valence-electron chi connectivity index (χ0n) is 7.76. The van der Waals surface area contributed by atoms with E-state index in [0.717, 1.165) is 0 Å². The third kappa shape index (κ3) is 3.35. The number of hydrogen-bond donors (Lipinski definition) is 0. The molecule has 1 rings (SSSR count). The molecule has 1 unspecified atom stereocenters. The van der Waals surface area contributed by atoms with Crippen molar-refractivity contribution in [1.82, 2.24) is 0 Å². The van der Waals surface area contributed by atoms with Crippen molar-refractivity contribution >= 4 is 22.7 Å². The molecule has 0 aliphatic heterocycles. The van der Waals surface area contributed by atoms with E-state index in [1.54, 1.807) is 26.0 Å². The number of halogens is 1. The Labute approximate surface area is 107 Å². The van der Waals surface area contributed by atoms with Gasteiger partial charge in [-0.3, -0.25) is 4.21 Å². The third-order valence-corrected chi connectivity index (χ3v) is 2.79. The normalized spacial score (nSPS) is 12.0. The van der Waals surface area contributed by atoms with Gasteiger partial charge in [0.05, 0.1) is 0 Å². The Bertz CT molecular complexity index is 318. The predicted octanol–water partition coefficient (Wildman–Crippen LogP) is -0.801. The molecule has 0 aromatic heterocycles. The van der Waals surface area contributed by atoms with Crippen molar-refractivity contribution in [2.24, 2.45) is 0 Å². The molecule has 0 aliphatic carbocycles. The van der Waals surface area contributed by atoms with E-state index in [4.69, 9.17) is 11.6 Å². The van der Waals surface area contributed by atoms with Crippen LogP contribution in [0.3, 0.4) is 0 Å². The average molecular weight is 227 g/mol. The summed E-state index contributed by atoms with van der Waals surface area (Å²) in [5.74, 6) is 0. The van der Waals surface area contributed by atoms with E-state index < -0.39 is 11.1 Å². The maximum Gasteiger partial charge on any atom is 1.00 e. The van der Waals surface area contributed by atoms with Gasteiger partial charge in [0.2, 0.25) is 0 Å². The van der Waals surface area contributed by atoms with Crippen LogP contribution in [0, 0.1) is 13.8 Å². The fourth-order valence-corrected chi connectivity index (χ4v) is 2.13. The molecular weight excluding hydrogens is 219 g/mol. The second kappa shape index (κ2) is 5.49. The minimum absolute atomic E-state index is 0. The van der Waals surface area contributed by atoms with Crippen LogP contribution in [0.15, 0.2) is 17.0 Å². The molecule has 0 radical (unpaired) electrons. The zero-order chi connectivity index (χ0) is 9.30. The van der Waals surface area contributed by atoms with Gasteiger partial charge in [0.15, 0.2) is 0 Å². The van der Waals surface area contributed by atoms with Crippen LogP contribution >= 0.6 is 11.6 Å². The van der Waals surface area contributed by atoms with E-state index in [1.165, 1.54) is 0 Å². The van der Waals surface area contributed by atoms with Crippen molar-refractivity contribution in [3.05, 3.63) is 28.3 Å². The average Bonchev–Trinajstić information content (AvgIpc) is 1.82. The third-order valence-electron chi connectivity index (χ3n) is 1.59. The summed E-state index contributed by atoms with van der Waals surface area (Å²) < 4.78 is 21.4. The standard InChI is InChI=1S/C8H9ClO2S.Na/c1-5-3-7(9)4-6(2)8(5)12(10)11;/h3-4H,1-2H3,(H,10,11);/q;+1/p-1. The molecule has 5 heteroatoms. The van der Waals surface area contributed by atoms with Crippen LogP contribution in [0.1, 0.15) is 11.1 Å². The maximum absolute atomic E-state index is 10.7. The molecule has 0 spiro atoms. The van der Waals surface area contributed by atoms with E-state index in [1.807, 2.05) is 0 Å². The van der Waals surface area contributed by atoms with Gasteiger partial charge >= 0.3 is 29.6 Å². The van der Waals surface area contributed by atoms with Gasteiger partial charge in [0.25, 0.3) is 0 Å². The van der Waals surface area contributed by atoms with Crippen LogP contribution in [0.4, 0.5) is 0 Å². The van der Waals surface area contributed by atoms with Gasteiger partial charge < -0.3 is 4.55 Å². The molecule has 13 heavy (non-hydrogen) atoms. The topological polar surface area (TPSA) is 40.1 Å². The summed E-state index contributed by atoms with van der Waals surface area (Å²) in [4.78, 5) is 0.347. The van der Waals surface area contributed by atoms with Crippen LogP contribution in [0.25, 0.3) is 0 Å². The molecule has 2 nitrogen and oxygen atoms in total. The first kappa shape index (κ1) is 13.6. The fraction of sp³-hybridized carbons (Fsp3) is 0.250. The van der Waals surface area contributed by atoms with Crippen molar-refractivity contribution in [1.29, 1.82) is 0 Å². The Hall–Kier alpha value is 0.620. The molecule has 1 atom stereocenters. The predicted molar refractivity (Wildman–Crippen MR) is 48.1 cm³/mol. The van der Waals surface area contributed by atoms with Gasteiger partial charge in [-0.2, -0.15) is 0 Å². The Kier molecular flexibility index (Phi) is 5.75. The summed E-state index contributed by atoms with van der Waals surface area (Å²) in [6.07, 6.45) is 0. The van der Waals surface area contributed by atoms with Crippen LogP contribution in [-0.2, 0) is 11.1 Å². The Morgan fingerprint density at radius 3 is 2.00 bits per heavy atom. The van der Waals surface area contributed by atoms with E-state index in [9.17, 15) is 8.76 Å². The minimum atomic E-state index is -2.17. The molecule has 1 aromatic rings. The molecule has 1 aromatic carbocycles. The van der Waals surface area contributed by atoms with Gasteiger partial charge in [-0.25, -0.2) is 0 Å². The Morgan fingerprint density at radius 1 is 1.31 bits per heavy atom. The van der Waals surface area contributed by atoms with Crippen molar-refractivity contribution < 1.29 is 38.3 Å². The first-order chi connectivity index (χ1) is 5.52. The number of rotatable bonds is 1. The van der Waals surface area contributed by atoms with Crippen molar-refractivity contribution in [3.63, 3.8) is 0 Å². The van der Waals surface area contributed by atoms with E-state index in [0.29, 0.717) is 21.0 Å². The summed E-state index contributed by atoms with van der Waals surface area (Å²) in [5.41, 5.74) is 1.38.